The fourth-order valence-corrected chi connectivity index (χ4v) is 6.03. The number of pyridine rings is 1. The number of benzene rings is 2. The van der Waals surface area contributed by atoms with E-state index >= 15 is 0 Å². The lowest BCUT2D eigenvalue weighted by Gasteiger charge is -2.23. The molecule has 1 saturated heterocycles. The molecule has 13 nitrogen and oxygen atoms in total. The van der Waals surface area contributed by atoms with E-state index in [1.165, 1.54) is 41.2 Å². The molecule has 4 atom stereocenters. The number of nitrogens with two attached hydrogens (primary N) is 1. The predicted octanol–water partition coefficient (Wildman–Crippen LogP) is 0.235. The lowest BCUT2D eigenvalue weighted by molar-refractivity contribution is -0.765. The van der Waals surface area contributed by atoms with Crippen molar-refractivity contribution >= 4 is 31.4 Å². The smallest absolute Gasteiger partial charge is 0.341 e. The first-order chi connectivity index (χ1) is 21.6. The Labute approximate surface area is 271 Å². The van der Waals surface area contributed by atoms with E-state index in [0.29, 0.717) is 0 Å². The quantitative estimate of drug-likeness (QED) is 0.107. The second-order valence-corrected chi connectivity index (χ2v) is 11.8. The average Bonchev–Trinajstić information content (AvgIpc) is 3.36. The molecule has 0 unspecified atom stereocenters. The first-order valence-electron chi connectivity index (χ1n) is 14.2. The highest BCUT2D eigenvalue weighted by molar-refractivity contribution is 7.54. The van der Waals surface area contributed by atoms with Crippen molar-refractivity contribution in [3.05, 3.63) is 102 Å². The van der Waals surface area contributed by atoms with Gasteiger partial charge in [-0.15, -0.1) is 0 Å². The summed E-state index contributed by atoms with van der Waals surface area (Å²) in [5, 5.41) is 0. The third kappa shape index (κ3) is 9.44. The van der Waals surface area contributed by atoms with E-state index in [1.807, 2.05) is 0 Å². The summed E-state index contributed by atoms with van der Waals surface area (Å²) in [4.78, 5) is 51.2. The minimum Gasteiger partial charge on any atom is -1.00 e. The van der Waals surface area contributed by atoms with E-state index in [1.54, 1.807) is 62.4 Å². The van der Waals surface area contributed by atoms with Gasteiger partial charge in [0.05, 0.1) is 24.3 Å². The number of hydrogen-bond donors (Lipinski definition) is 1. The summed E-state index contributed by atoms with van der Waals surface area (Å²) in [7, 11) is -3.88. The van der Waals surface area contributed by atoms with Gasteiger partial charge in [0.1, 0.15) is 24.4 Å². The van der Waals surface area contributed by atoms with Crippen molar-refractivity contribution in [1.29, 1.82) is 0 Å². The molecular weight excluding hydrogens is 643 g/mol. The number of hydrogen-bond acceptors (Lipinski definition) is 11. The zero-order valence-electron chi connectivity index (χ0n) is 25.1. The van der Waals surface area contributed by atoms with Crippen LogP contribution in [-0.2, 0) is 37.4 Å². The summed E-state index contributed by atoms with van der Waals surface area (Å²) >= 11 is 0. The molecule has 1 aliphatic rings. The van der Waals surface area contributed by atoms with Crippen LogP contribution in [0.15, 0.2) is 85.2 Å². The summed E-state index contributed by atoms with van der Waals surface area (Å²) in [6, 6.07) is 19.3. The lowest BCUT2D eigenvalue weighted by atomic mass is 10.1. The lowest BCUT2D eigenvalue weighted by Crippen LogP contribution is -3.00. The van der Waals surface area contributed by atoms with Gasteiger partial charge in [-0.2, -0.15) is 4.57 Å². The van der Waals surface area contributed by atoms with Crippen LogP contribution < -0.4 is 22.7 Å². The maximum absolute atomic E-state index is 13.3. The number of carbonyl (C=O) groups excluding carboxylic acids is 4. The maximum Gasteiger partial charge on any atom is 0.341 e. The Balaban J connectivity index is 0.00000576. The van der Waals surface area contributed by atoms with E-state index in [0.717, 1.165) is 0 Å². The summed E-state index contributed by atoms with van der Waals surface area (Å²) < 4.78 is 48.3. The molecule has 1 aliphatic heterocycles. The molecule has 46 heavy (non-hydrogen) atoms. The predicted molar refractivity (Wildman–Crippen MR) is 157 cm³/mol. The van der Waals surface area contributed by atoms with Crippen LogP contribution in [0.1, 0.15) is 51.1 Å². The van der Waals surface area contributed by atoms with Gasteiger partial charge in [0.15, 0.2) is 18.5 Å². The first-order valence-corrected chi connectivity index (χ1v) is 15.9. The fourth-order valence-electron chi connectivity index (χ4n) is 4.60. The average molecular weight is 677 g/mol. The number of esters is 3. The molecule has 0 bridgehead atoms. The van der Waals surface area contributed by atoms with Crippen molar-refractivity contribution in [1.82, 2.24) is 0 Å². The zero-order valence-corrected chi connectivity index (χ0v) is 26.7. The zero-order chi connectivity index (χ0) is 32.4. The Morgan fingerprint density at radius 2 is 1.37 bits per heavy atom. The Hall–Kier alpha value is -4.13. The van der Waals surface area contributed by atoms with E-state index in [2.05, 4.69) is 0 Å². The largest absolute Gasteiger partial charge is 1.00 e. The van der Waals surface area contributed by atoms with Gasteiger partial charge in [0.25, 0.3) is 5.91 Å². The highest BCUT2D eigenvalue weighted by Crippen LogP contribution is 2.48. The molecule has 3 aromatic rings. The van der Waals surface area contributed by atoms with Gasteiger partial charge in [-0.3, -0.25) is 14.2 Å². The van der Waals surface area contributed by atoms with Gasteiger partial charge < -0.3 is 46.1 Å². The maximum atomic E-state index is 13.3. The van der Waals surface area contributed by atoms with Crippen molar-refractivity contribution in [3.63, 3.8) is 0 Å². The van der Waals surface area contributed by atoms with Gasteiger partial charge in [0.2, 0.25) is 6.10 Å². The third-order valence-electron chi connectivity index (χ3n) is 6.57. The van der Waals surface area contributed by atoms with Gasteiger partial charge in [-0.05, 0) is 44.2 Å². The van der Waals surface area contributed by atoms with Gasteiger partial charge in [0, 0.05) is 6.07 Å². The number of rotatable bonds is 14. The van der Waals surface area contributed by atoms with Gasteiger partial charge in [-0.1, -0.05) is 36.4 Å². The van der Waals surface area contributed by atoms with Crippen molar-refractivity contribution in [3.8, 4) is 0 Å². The highest BCUT2D eigenvalue weighted by atomic mass is 35.5. The molecule has 1 fully saturated rings. The number of carbonyl (C=O) groups is 4. The topological polar surface area (TPSA) is 171 Å². The molecular formula is C31H34ClN2O11P. The molecule has 0 saturated carbocycles. The van der Waals surface area contributed by atoms with Gasteiger partial charge >= 0.3 is 31.7 Å². The van der Waals surface area contributed by atoms with Crippen LogP contribution in [0.5, 0.6) is 0 Å². The number of aromatic nitrogens is 1. The Morgan fingerprint density at radius 1 is 0.804 bits per heavy atom. The Kier molecular flexibility index (Phi) is 13.4. The minimum absolute atomic E-state index is 0. The van der Waals surface area contributed by atoms with Gasteiger partial charge in [-0.25, -0.2) is 9.59 Å². The standard InChI is InChI=1S/C31H33N2O11P.ClH/c1-3-40-45(38,41-4-2)20-25(34)43-27-26(44-31(37)22-14-9-6-10-15-22)24(19-39-30(36)21-12-7-5-8-13-21)42-29(27)33-17-11-16-23(18-33)28(32)35;/h5-18,24,26-27,29H,3-4,19-20H2,1-2H3,(H-,32,35);1H/t24-,26-,27-,29-;/m1./s1. The Bertz CT molecular complexity index is 1530. The third-order valence-corrected chi connectivity index (χ3v) is 8.52. The molecule has 246 valence electrons. The van der Waals surface area contributed by atoms with Crippen LogP contribution in [-0.4, -0.2) is 68.1 Å². The van der Waals surface area contributed by atoms with E-state index < -0.39 is 68.7 Å². The highest BCUT2D eigenvalue weighted by Gasteiger charge is 2.55. The summed E-state index contributed by atoms with van der Waals surface area (Å²) in [6.45, 7) is 2.82. The normalized spacial score (nSPS) is 19.0. The van der Waals surface area contributed by atoms with Crippen LogP contribution in [0.4, 0.5) is 0 Å². The van der Waals surface area contributed by atoms with Crippen LogP contribution in [0, 0.1) is 0 Å². The molecule has 0 aliphatic carbocycles. The minimum atomic E-state index is -3.88. The molecule has 1 aromatic heterocycles. The molecule has 2 N–H and O–H groups in total. The van der Waals surface area contributed by atoms with E-state index in [9.17, 15) is 23.7 Å². The first kappa shape index (κ1) is 36.3. The van der Waals surface area contributed by atoms with Crippen molar-refractivity contribution in [2.75, 3.05) is 26.0 Å². The van der Waals surface area contributed by atoms with Crippen LogP contribution >= 0.6 is 7.60 Å². The molecule has 15 heteroatoms. The fraction of sp³-hybridized carbons (Fsp3) is 0.323. The van der Waals surface area contributed by atoms with E-state index in [-0.39, 0.29) is 42.3 Å². The van der Waals surface area contributed by atoms with Crippen LogP contribution in [0.25, 0.3) is 0 Å². The molecule has 2 heterocycles. The SMILES string of the molecule is CCOP(=O)(CC(=O)O[C@@H]1[C@H](OC(=O)c2ccccc2)[C@@H](COC(=O)c2ccccc2)O[C@H]1[n+]1cccc(C(N)=O)c1)OCC.[Cl-]. The summed E-state index contributed by atoms with van der Waals surface area (Å²) in [5.74, 6) is -3.16. The molecule has 1 amide bonds. The van der Waals surface area contributed by atoms with Crippen molar-refractivity contribution in [2.24, 2.45) is 5.73 Å². The number of nitrogens with zero attached hydrogens (tertiary/aromatic N) is 1. The Morgan fingerprint density at radius 3 is 1.93 bits per heavy atom. The monoisotopic (exact) mass is 676 g/mol. The summed E-state index contributed by atoms with van der Waals surface area (Å²) in [5.41, 5.74) is 6.07. The molecule has 4 rings (SSSR count). The van der Waals surface area contributed by atoms with Crippen molar-refractivity contribution in [2.45, 2.75) is 38.4 Å². The second-order valence-electron chi connectivity index (χ2n) is 9.73. The molecule has 0 spiro atoms. The number of primary amides is 1. The number of ether oxygens (including phenoxy) is 4. The van der Waals surface area contributed by atoms with E-state index in [4.69, 9.17) is 33.7 Å². The second kappa shape index (κ2) is 17.0. The van der Waals surface area contributed by atoms with Crippen LogP contribution in [0.3, 0.4) is 0 Å². The van der Waals surface area contributed by atoms with Crippen LogP contribution in [0.2, 0.25) is 0 Å². The number of halogens is 1. The summed E-state index contributed by atoms with van der Waals surface area (Å²) in [6.07, 6.45) is -2.92. The molecule has 0 radical (unpaired) electrons. The van der Waals surface area contributed by atoms with Crippen molar-refractivity contribution < 1.29 is 68.7 Å². The number of amides is 1. The molecule has 2 aromatic carbocycles.